The van der Waals surface area contributed by atoms with Crippen LogP contribution in [0.5, 0.6) is 0 Å². The van der Waals surface area contributed by atoms with E-state index in [0.29, 0.717) is 24.4 Å². The number of hydrogen-bond donors (Lipinski definition) is 4. The van der Waals surface area contributed by atoms with Gasteiger partial charge in [-0.1, -0.05) is 56.4 Å². The fourth-order valence-corrected chi connectivity index (χ4v) is 6.63. The molecule has 0 spiro atoms. The number of nitrogens with two attached hydrogens (primary N) is 1. The van der Waals surface area contributed by atoms with Gasteiger partial charge in [0.05, 0.1) is 12.6 Å². The molecule has 9 nitrogen and oxygen atoms in total. The zero-order chi connectivity index (χ0) is 26.5. The molecule has 0 radical (unpaired) electrons. The Bertz CT molecular complexity index is 991. The van der Waals surface area contributed by atoms with E-state index in [4.69, 9.17) is 11.1 Å². The molecule has 2 amide bonds. The number of amidine groups is 1. The molecule has 0 aromatic heterocycles. The van der Waals surface area contributed by atoms with E-state index in [1.807, 2.05) is 28.9 Å². The largest absolute Gasteiger partial charge is 0.480 e. The lowest BCUT2D eigenvalue weighted by Crippen LogP contribution is -2.58. The van der Waals surface area contributed by atoms with Crippen molar-refractivity contribution in [2.45, 2.75) is 102 Å². The minimum Gasteiger partial charge on any atom is -0.480 e. The second kappa shape index (κ2) is 12.1. The maximum absolute atomic E-state index is 14.0. The quantitative estimate of drug-likeness (QED) is 0.297. The Balaban J connectivity index is 1.50. The lowest BCUT2D eigenvalue weighted by molar-refractivity contribution is -0.149. The van der Waals surface area contributed by atoms with Crippen LogP contribution < -0.4 is 11.1 Å². The number of likely N-dealkylation sites (tertiary alicyclic amines) is 1. The molecular weight excluding hydrogens is 470 g/mol. The first kappa shape index (κ1) is 27.1. The molecule has 0 unspecified atom stereocenters. The van der Waals surface area contributed by atoms with Gasteiger partial charge in [0, 0.05) is 24.2 Å². The predicted octanol–water partition coefficient (Wildman–Crippen LogP) is 2.85. The number of nitrogens with one attached hydrogen (secondary N) is 2. The Morgan fingerprint density at radius 3 is 2.38 bits per heavy atom. The lowest BCUT2D eigenvalue weighted by atomic mass is 9.84. The summed E-state index contributed by atoms with van der Waals surface area (Å²) in [5.74, 6) is -0.900. The molecule has 2 saturated carbocycles. The molecule has 4 rings (SSSR count). The summed E-state index contributed by atoms with van der Waals surface area (Å²) in [5, 5.41) is 20.2. The number of carboxylic acid groups (broad SMARTS) is 1. The summed E-state index contributed by atoms with van der Waals surface area (Å²) in [6, 6.07) is 6.18. The Labute approximate surface area is 219 Å². The van der Waals surface area contributed by atoms with E-state index in [2.05, 4.69) is 5.32 Å². The Morgan fingerprint density at radius 1 is 1.08 bits per heavy atom. The molecule has 2 aliphatic carbocycles. The topological polar surface area (TPSA) is 140 Å². The highest BCUT2D eigenvalue weighted by Crippen LogP contribution is 2.40. The molecule has 9 heteroatoms. The summed E-state index contributed by atoms with van der Waals surface area (Å²) >= 11 is 0. The highest BCUT2D eigenvalue weighted by Gasteiger charge is 2.49. The van der Waals surface area contributed by atoms with E-state index >= 15 is 0 Å². The molecule has 1 saturated heterocycles. The Hall–Kier alpha value is -2.94. The van der Waals surface area contributed by atoms with Crippen LogP contribution >= 0.6 is 0 Å². The maximum Gasteiger partial charge on any atom is 0.317 e. The number of hydrogen-bond acceptors (Lipinski definition) is 5. The van der Waals surface area contributed by atoms with Gasteiger partial charge in [-0.2, -0.15) is 0 Å². The third-order valence-electron chi connectivity index (χ3n) is 8.59. The normalized spacial score (nSPS) is 24.9. The van der Waals surface area contributed by atoms with E-state index in [1.165, 1.54) is 0 Å². The molecule has 37 heavy (non-hydrogen) atoms. The van der Waals surface area contributed by atoms with Gasteiger partial charge in [0.25, 0.3) is 0 Å². The van der Waals surface area contributed by atoms with Gasteiger partial charge in [-0.3, -0.25) is 24.7 Å². The Morgan fingerprint density at radius 2 is 1.73 bits per heavy atom. The van der Waals surface area contributed by atoms with Crippen molar-refractivity contribution in [2.24, 2.45) is 11.7 Å². The predicted molar refractivity (Wildman–Crippen MR) is 141 cm³/mol. The standard InChI is InChI=1S/C28H41N5O4/c1-18(32(17-25(34)35)22-8-3-2-4-9-22)28(37)33-23-10-6-5-7-21(23)15-24(33)27(36)31-16-19-11-13-20(14-12-19)26(29)30/h11-14,18,21-24H,2-10,15-17H2,1H3,(H3,29,30)(H,31,36)(H,34,35)/t18-,21+,23+,24-/m0/s1. The van der Waals surface area contributed by atoms with Crippen molar-refractivity contribution in [1.29, 1.82) is 5.41 Å². The fraction of sp³-hybridized carbons (Fsp3) is 0.643. The molecule has 3 aliphatic rings. The first-order valence-electron chi connectivity index (χ1n) is 13.8. The Kier molecular flexibility index (Phi) is 8.84. The number of fused-ring (bicyclic) bond motifs is 1. The van der Waals surface area contributed by atoms with Crippen LogP contribution in [0.2, 0.25) is 0 Å². The molecule has 1 heterocycles. The molecule has 5 N–H and O–H groups in total. The summed E-state index contributed by atoms with van der Waals surface area (Å²) in [6.07, 6.45) is 9.77. The number of nitrogen functional groups attached to an aromatic ring is 1. The first-order chi connectivity index (χ1) is 17.8. The average Bonchev–Trinajstić information content (AvgIpc) is 3.30. The van der Waals surface area contributed by atoms with Crippen LogP contribution in [0.1, 0.15) is 82.3 Å². The highest BCUT2D eigenvalue weighted by molar-refractivity contribution is 5.95. The lowest BCUT2D eigenvalue weighted by Gasteiger charge is -2.41. The minimum absolute atomic E-state index is 0.00223. The zero-order valence-corrected chi connectivity index (χ0v) is 21.8. The van der Waals surface area contributed by atoms with Gasteiger partial charge in [0.15, 0.2) is 0 Å². The number of carboxylic acids is 1. The van der Waals surface area contributed by atoms with Crippen molar-refractivity contribution in [1.82, 2.24) is 15.1 Å². The summed E-state index contributed by atoms with van der Waals surface area (Å²) in [5.41, 5.74) is 7.05. The van der Waals surface area contributed by atoms with Crippen molar-refractivity contribution in [3.63, 3.8) is 0 Å². The summed E-state index contributed by atoms with van der Waals surface area (Å²) in [4.78, 5) is 42.9. The van der Waals surface area contributed by atoms with E-state index in [9.17, 15) is 19.5 Å². The second-order valence-electron chi connectivity index (χ2n) is 11.0. The summed E-state index contributed by atoms with van der Waals surface area (Å²) in [7, 11) is 0. The van der Waals surface area contributed by atoms with Gasteiger partial charge in [-0.25, -0.2) is 0 Å². The zero-order valence-electron chi connectivity index (χ0n) is 21.8. The molecule has 3 fully saturated rings. The van der Waals surface area contributed by atoms with Crippen LogP contribution in [0.4, 0.5) is 0 Å². The SMILES string of the molecule is C[C@@H](C(=O)N1[C@@H]2CCCC[C@@H]2C[C@H]1C(=O)NCc1ccc(C(=N)N)cc1)N(CC(=O)O)C1CCCCC1. The number of carbonyl (C=O) groups is 3. The molecule has 4 atom stereocenters. The van der Waals surface area contributed by atoms with E-state index in [0.717, 1.165) is 63.4 Å². The molecule has 202 valence electrons. The number of rotatable bonds is 9. The van der Waals surface area contributed by atoms with Crippen LogP contribution in [-0.4, -0.2) is 69.2 Å². The van der Waals surface area contributed by atoms with Gasteiger partial charge < -0.3 is 21.1 Å². The smallest absolute Gasteiger partial charge is 0.317 e. The molecule has 1 aromatic carbocycles. The van der Waals surface area contributed by atoms with Crippen LogP contribution in [0, 0.1) is 11.3 Å². The van der Waals surface area contributed by atoms with Crippen LogP contribution in [0.25, 0.3) is 0 Å². The fourth-order valence-electron chi connectivity index (χ4n) is 6.63. The molecule has 0 bridgehead atoms. The number of aliphatic carboxylic acids is 1. The van der Waals surface area contributed by atoms with Crippen molar-refractivity contribution < 1.29 is 19.5 Å². The van der Waals surface area contributed by atoms with E-state index in [1.54, 1.807) is 12.1 Å². The molecule has 1 aliphatic heterocycles. The number of nitrogens with zero attached hydrogens (tertiary/aromatic N) is 2. The van der Waals surface area contributed by atoms with Gasteiger partial charge in [0.1, 0.15) is 11.9 Å². The van der Waals surface area contributed by atoms with E-state index in [-0.39, 0.29) is 36.3 Å². The van der Waals surface area contributed by atoms with Gasteiger partial charge in [0.2, 0.25) is 11.8 Å². The highest BCUT2D eigenvalue weighted by atomic mass is 16.4. The summed E-state index contributed by atoms with van der Waals surface area (Å²) < 4.78 is 0. The van der Waals surface area contributed by atoms with Gasteiger partial charge >= 0.3 is 5.97 Å². The van der Waals surface area contributed by atoms with Crippen molar-refractivity contribution in [3.8, 4) is 0 Å². The average molecular weight is 512 g/mol. The third-order valence-corrected chi connectivity index (χ3v) is 8.59. The van der Waals surface area contributed by atoms with Crippen LogP contribution in [0.15, 0.2) is 24.3 Å². The maximum atomic E-state index is 14.0. The monoisotopic (exact) mass is 511 g/mol. The minimum atomic E-state index is -0.924. The van der Waals surface area contributed by atoms with Gasteiger partial charge in [-0.05, 0) is 50.5 Å². The van der Waals surface area contributed by atoms with Crippen molar-refractivity contribution >= 4 is 23.6 Å². The van der Waals surface area contributed by atoms with Crippen molar-refractivity contribution in [2.75, 3.05) is 6.54 Å². The van der Waals surface area contributed by atoms with Crippen LogP contribution in [0.3, 0.4) is 0 Å². The molecule has 1 aromatic rings. The first-order valence-corrected chi connectivity index (χ1v) is 13.8. The van der Waals surface area contributed by atoms with Gasteiger partial charge in [-0.15, -0.1) is 0 Å². The number of carbonyl (C=O) groups excluding carboxylic acids is 2. The number of benzene rings is 1. The van der Waals surface area contributed by atoms with E-state index < -0.39 is 18.1 Å². The number of amides is 2. The molecular formula is C28H41N5O4. The third kappa shape index (κ3) is 6.32. The van der Waals surface area contributed by atoms with Crippen molar-refractivity contribution in [3.05, 3.63) is 35.4 Å². The van der Waals surface area contributed by atoms with Crippen LogP contribution in [-0.2, 0) is 20.9 Å². The second-order valence-corrected chi connectivity index (χ2v) is 11.0. The summed E-state index contributed by atoms with van der Waals surface area (Å²) in [6.45, 7) is 1.99.